The van der Waals surface area contributed by atoms with Gasteiger partial charge in [-0.1, -0.05) is 0 Å². The van der Waals surface area contributed by atoms with Gasteiger partial charge in [0.15, 0.2) is 0 Å². The molecule has 0 aliphatic carbocycles. The van der Waals surface area contributed by atoms with Crippen LogP contribution in [0.15, 0.2) is 0 Å². The number of hydrogen-bond acceptors (Lipinski definition) is 3. The summed E-state index contributed by atoms with van der Waals surface area (Å²) in [7, 11) is 0. The van der Waals surface area contributed by atoms with Crippen LogP contribution in [0.5, 0.6) is 0 Å². The van der Waals surface area contributed by atoms with Crippen LogP contribution < -0.4 is 11.1 Å². The Bertz CT molecular complexity index is 135. The summed E-state index contributed by atoms with van der Waals surface area (Å²) in [5, 5.41) is 3.23. The number of hydrogen-bond donors (Lipinski definition) is 2. The van der Waals surface area contributed by atoms with Gasteiger partial charge in [-0.2, -0.15) is 0 Å². The molecule has 1 heterocycles. The molecular formula is C8H17ClN2O. The predicted octanol–water partition coefficient (Wildman–Crippen LogP) is 0.326. The number of ketones is 1. The average molecular weight is 193 g/mol. The van der Waals surface area contributed by atoms with Crippen LogP contribution in [0.4, 0.5) is 0 Å². The summed E-state index contributed by atoms with van der Waals surface area (Å²) in [5.74, 6) is 0.647. The SMILES string of the molecule is Cl.NCCC(=O)C1CCNCC1. The Kier molecular flexibility index (Phi) is 6.34. The first-order chi connectivity index (χ1) is 5.34. The minimum atomic E-state index is 0. The third-order valence-electron chi connectivity index (χ3n) is 2.19. The maximum atomic E-state index is 11.3. The maximum Gasteiger partial charge on any atom is 0.137 e. The molecule has 4 heteroatoms. The zero-order valence-corrected chi connectivity index (χ0v) is 8.03. The monoisotopic (exact) mass is 192 g/mol. The number of piperidine rings is 1. The maximum absolute atomic E-state index is 11.3. The summed E-state index contributed by atoms with van der Waals surface area (Å²) in [6, 6.07) is 0. The van der Waals surface area contributed by atoms with E-state index in [1.807, 2.05) is 0 Å². The van der Waals surface area contributed by atoms with E-state index in [1.165, 1.54) is 0 Å². The minimum absolute atomic E-state index is 0. The molecule has 0 bridgehead atoms. The van der Waals surface area contributed by atoms with Crippen molar-refractivity contribution in [2.45, 2.75) is 19.3 Å². The number of halogens is 1. The molecule has 12 heavy (non-hydrogen) atoms. The van der Waals surface area contributed by atoms with E-state index < -0.39 is 0 Å². The molecule has 1 saturated heterocycles. The standard InChI is InChI=1S/C8H16N2O.ClH/c9-4-1-8(11)7-2-5-10-6-3-7;/h7,10H,1-6,9H2;1H. The van der Waals surface area contributed by atoms with Crippen molar-refractivity contribution in [1.82, 2.24) is 5.32 Å². The lowest BCUT2D eigenvalue weighted by Gasteiger charge is -2.20. The zero-order chi connectivity index (χ0) is 8.10. The highest BCUT2D eigenvalue weighted by atomic mass is 35.5. The van der Waals surface area contributed by atoms with E-state index in [-0.39, 0.29) is 12.4 Å². The zero-order valence-electron chi connectivity index (χ0n) is 7.21. The van der Waals surface area contributed by atoms with Crippen LogP contribution in [0, 0.1) is 5.92 Å². The second-order valence-electron chi connectivity index (χ2n) is 3.03. The van der Waals surface area contributed by atoms with Crippen molar-refractivity contribution >= 4 is 18.2 Å². The van der Waals surface area contributed by atoms with Gasteiger partial charge in [-0.15, -0.1) is 12.4 Å². The van der Waals surface area contributed by atoms with Crippen LogP contribution in [0.3, 0.4) is 0 Å². The number of nitrogens with one attached hydrogen (secondary N) is 1. The van der Waals surface area contributed by atoms with Gasteiger partial charge in [0, 0.05) is 12.3 Å². The molecule has 0 aromatic rings. The number of carbonyl (C=O) groups excluding carboxylic acids is 1. The van der Waals surface area contributed by atoms with E-state index in [0.717, 1.165) is 25.9 Å². The van der Waals surface area contributed by atoms with Crippen molar-refractivity contribution in [2.75, 3.05) is 19.6 Å². The van der Waals surface area contributed by atoms with E-state index in [1.54, 1.807) is 0 Å². The van der Waals surface area contributed by atoms with Crippen LogP contribution in [0.1, 0.15) is 19.3 Å². The molecule has 0 spiro atoms. The topological polar surface area (TPSA) is 55.1 Å². The van der Waals surface area contributed by atoms with Gasteiger partial charge in [-0.05, 0) is 32.5 Å². The normalized spacial score (nSPS) is 18.4. The van der Waals surface area contributed by atoms with Crippen molar-refractivity contribution < 1.29 is 4.79 Å². The van der Waals surface area contributed by atoms with E-state index in [4.69, 9.17) is 5.73 Å². The molecule has 0 aromatic heterocycles. The van der Waals surface area contributed by atoms with Crippen molar-refractivity contribution in [3.63, 3.8) is 0 Å². The molecule has 1 rings (SSSR count). The number of Topliss-reactive ketones (excluding diaryl/α,β-unsaturated/α-hetero) is 1. The van der Waals surface area contributed by atoms with Gasteiger partial charge in [0.2, 0.25) is 0 Å². The van der Waals surface area contributed by atoms with Crippen molar-refractivity contribution in [3.8, 4) is 0 Å². The van der Waals surface area contributed by atoms with Crippen LogP contribution >= 0.6 is 12.4 Å². The highest BCUT2D eigenvalue weighted by molar-refractivity contribution is 5.85. The Morgan fingerprint density at radius 2 is 2.00 bits per heavy atom. The molecule has 0 amide bonds. The molecule has 3 nitrogen and oxygen atoms in total. The molecule has 0 aromatic carbocycles. The quantitative estimate of drug-likeness (QED) is 0.678. The predicted molar refractivity (Wildman–Crippen MR) is 51.5 cm³/mol. The van der Waals surface area contributed by atoms with Gasteiger partial charge in [0.05, 0.1) is 0 Å². The Morgan fingerprint density at radius 1 is 1.42 bits per heavy atom. The van der Waals surface area contributed by atoms with Gasteiger partial charge < -0.3 is 11.1 Å². The summed E-state index contributed by atoms with van der Waals surface area (Å²) < 4.78 is 0. The lowest BCUT2D eigenvalue weighted by atomic mass is 9.92. The smallest absolute Gasteiger partial charge is 0.137 e. The molecule has 0 saturated carbocycles. The third-order valence-corrected chi connectivity index (χ3v) is 2.19. The van der Waals surface area contributed by atoms with Gasteiger partial charge in [0.25, 0.3) is 0 Å². The van der Waals surface area contributed by atoms with E-state index >= 15 is 0 Å². The molecule has 72 valence electrons. The molecular weight excluding hydrogens is 176 g/mol. The van der Waals surface area contributed by atoms with Crippen LogP contribution in [-0.2, 0) is 4.79 Å². The van der Waals surface area contributed by atoms with Gasteiger partial charge >= 0.3 is 0 Å². The first-order valence-corrected chi connectivity index (χ1v) is 4.28. The second-order valence-corrected chi connectivity index (χ2v) is 3.03. The average Bonchev–Trinajstić information content (AvgIpc) is 2.07. The van der Waals surface area contributed by atoms with Crippen LogP contribution in [-0.4, -0.2) is 25.4 Å². The van der Waals surface area contributed by atoms with Crippen molar-refractivity contribution in [2.24, 2.45) is 11.7 Å². The van der Waals surface area contributed by atoms with E-state index in [0.29, 0.717) is 24.7 Å². The first-order valence-electron chi connectivity index (χ1n) is 4.28. The lowest BCUT2D eigenvalue weighted by Crippen LogP contribution is -2.32. The number of nitrogens with two attached hydrogens (primary N) is 1. The minimum Gasteiger partial charge on any atom is -0.330 e. The summed E-state index contributed by atoms with van der Waals surface area (Å²) in [6.45, 7) is 2.48. The Morgan fingerprint density at radius 3 is 2.50 bits per heavy atom. The van der Waals surface area contributed by atoms with Gasteiger partial charge in [0.1, 0.15) is 5.78 Å². The molecule has 0 radical (unpaired) electrons. The third kappa shape index (κ3) is 3.52. The van der Waals surface area contributed by atoms with E-state index in [9.17, 15) is 4.79 Å². The van der Waals surface area contributed by atoms with E-state index in [2.05, 4.69) is 5.32 Å². The second kappa shape index (κ2) is 6.40. The molecule has 0 unspecified atom stereocenters. The fourth-order valence-corrected chi connectivity index (χ4v) is 1.49. The number of carbonyl (C=O) groups is 1. The fraction of sp³-hybridized carbons (Fsp3) is 0.875. The summed E-state index contributed by atoms with van der Waals surface area (Å²) in [6.07, 6.45) is 2.56. The summed E-state index contributed by atoms with van der Waals surface area (Å²) in [5.41, 5.74) is 5.30. The van der Waals surface area contributed by atoms with Crippen LogP contribution in [0.2, 0.25) is 0 Å². The molecule has 1 fully saturated rings. The van der Waals surface area contributed by atoms with Gasteiger partial charge in [-0.3, -0.25) is 4.79 Å². The highest BCUT2D eigenvalue weighted by Crippen LogP contribution is 2.13. The Labute approximate surface area is 79.5 Å². The highest BCUT2D eigenvalue weighted by Gasteiger charge is 2.19. The Hall–Kier alpha value is -0.120. The lowest BCUT2D eigenvalue weighted by molar-refractivity contribution is -0.123. The molecule has 0 atom stereocenters. The summed E-state index contributed by atoms with van der Waals surface area (Å²) >= 11 is 0. The van der Waals surface area contributed by atoms with Crippen molar-refractivity contribution in [3.05, 3.63) is 0 Å². The van der Waals surface area contributed by atoms with Gasteiger partial charge in [-0.25, -0.2) is 0 Å². The summed E-state index contributed by atoms with van der Waals surface area (Å²) in [4.78, 5) is 11.3. The van der Waals surface area contributed by atoms with Crippen LogP contribution in [0.25, 0.3) is 0 Å². The van der Waals surface area contributed by atoms with Crippen molar-refractivity contribution in [1.29, 1.82) is 0 Å². The first kappa shape index (κ1) is 11.9. The molecule has 3 N–H and O–H groups in total. The molecule has 1 aliphatic heterocycles. The fourth-order valence-electron chi connectivity index (χ4n) is 1.49. The Balaban J connectivity index is 0.00000121. The molecule has 1 aliphatic rings. The number of rotatable bonds is 3. The largest absolute Gasteiger partial charge is 0.330 e.